The third-order valence-corrected chi connectivity index (χ3v) is 2.81. The van der Waals surface area contributed by atoms with Crippen LogP contribution in [0.25, 0.3) is 0 Å². The summed E-state index contributed by atoms with van der Waals surface area (Å²) < 4.78 is 0. The number of hydrogen-bond donors (Lipinski definition) is 1. The maximum absolute atomic E-state index is 4.04. The summed E-state index contributed by atoms with van der Waals surface area (Å²) in [5.74, 6) is 0. The molecule has 3 nitrogen and oxygen atoms in total. The molecule has 1 N–H and O–H groups in total. The van der Waals surface area contributed by atoms with Crippen molar-refractivity contribution in [3.05, 3.63) is 30.1 Å². The Balaban J connectivity index is 1.86. The molecule has 0 spiro atoms. The maximum Gasteiger partial charge on any atom is 0.0271 e. The van der Waals surface area contributed by atoms with E-state index >= 15 is 0 Å². The summed E-state index contributed by atoms with van der Waals surface area (Å²) in [5.41, 5.74) is 1.37. The van der Waals surface area contributed by atoms with E-state index in [0.29, 0.717) is 0 Å². The third kappa shape index (κ3) is 3.61. The molecule has 2 heterocycles. The van der Waals surface area contributed by atoms with Gasteiger partial charge in [-0.15, -0.1) is 0 Å². The van der Waals surface area contributed by atoms with Crippen LogP contribution >= 0.6 is 0 Å². The zero-order valence-corrected chi connectivity index (χ0v) is 9.15. The van der Waals surface area contributed by atoms with Gasteiger partial charge in [0, 0.05) is 18.9 Å². The summed E-state index contributed by atoms with van der Waals surface area (Å²) in [6.45, 7) is 5.80. The highest BCUT2D eigenvalue weighted by molar-refractivity contribution is 5.09. The van der Waals surface area contributed by atoms with Crippen LogP contribution in [0.3, 0.4) is 0 Å². The zero-order chi connectivity index (χ0) is 10.3. The number of nitrogens with one attached hydrogen (secondary N) is 1. The molecule has 0 aromatic carbocycles. The minimum absolute atomic E-state index is 1.07. The van der Waals surface area contributed by atoms with Gasteiger partial charge in [-0.2, -0.15) is 0 Å². The lowest BCUT2D eigenvalue weighted by atomic mass is 10.2. The molecular weight excluding hydrogens is 186 g/mol. The van der Waals surface area contributed by atoms with Crippen LogP contribution in [0.2, 0.25) is 0 Å². The molecule has 82 valence electrons. The quantitative estimate of drug-likeness (QED) is 0.788. The highest BCUT2D eigenvalue weighted by Crippen LogP contribution is 2.05. The van der Waals surface area contributed by atoms with E-state index in [1.54, 1.807) is 0 Å². The molecule has 1 saturated heterocycles. The Morgan fingerprint density at radius 3 is 2.47 bits per heavy atom. The van der Waals surface area contributed by atoms with Gasteiger partial charge >= 0.3 is 0 Å². The van der Waals surface area contributed by atoms with Gasteiger partial charge < -0.3 is 5.32 Å². The molecule has 0 bridgehead atoms. The highest BCUT2D eigenvalue weighted by atomic mass is 15.1. The van der Waals surface area contributed by atoms with E-state index in [1.807, 2.05) is 12.4 Å². The maximum atomic E-state index is 4.04. The van der Waals surface area contributed by atoms with Crippen molar-refractivity contribution in [2.75, 3.05) is 26.2 Å². The van der Waals surface area contributed by atoms with Crippen molar-refractivity contribution in [1.29, 1.82) is 0 Å². The second kappa shape index (κ2) is 5.83. The van der Waals surface area contributed by atoms with E-state index in [-0.39, 0.29) is 0 Å². The van der Waals surface area contributed by atoms with E-state index in [4.69, 9.17) is 0 Å². The average molecular weight is 205 g/mol. The summed E-state index contributed by atoms with van der Waals surface area (Å²) in [4.78, 5) is 6.58. The second-order valence-electron chi connectivity index (χ2n) is 4.09. The van der Waals surface area contributed by atoms with Gasteiger partial charge in [-0.25, -0.2) is 0 Å². The molecular formula is C12H19N3. The van der Waals surface area contributed by atoms with Crippen LogP contribution in [0, 0.1) is 0 Å². The van der Waals surface area contributed by atoms with Crippen molar-refractivity contribution >= 4 is 0 Å². The molecule has 1 aromatic rings. The van der Waals surface area contributed by atoms with E-state index in [1.165, 1.54) is 31.5 Å². The van der Waals surface area contributed by atoms with Crippen LogP contribution in [0.15, 0.2) is 24.5 Å². The van der Waals surface area contributed by atoms with E-state index in [0.717, 1.165) is 19.6 Å². The Bertz CT molecular complexity index is 265. The fourth-order valence-electron chi connectivity index (χ4n) is 2.00. The van der Waals surface area contributed by atoms with E-state index in [2.05, 4.69) is 27.3 Å². The van der Waals surface area contributed by atoms with Gasteiger partial charge in [0.05, 0.1) is 0 Å². The van der Waals surface area contributed by atoms with Crippen LogP contribution in [0.5, 0.6) is 0 Å². The van der Waals surface area contributed by atoms with Crippen LogP contribution < -0.4 is 5.32 Å². The number of rotatable bonds is 2. The van der Waals surface area contributed by atoms with Gasteiger partial charge in [-0.05, 0) is 56.7 Å². The fraction of sp³-hybridized carbons (Fsp3) is 0.583. The highest BCUT2D eigenvalue weighted by Gasteiger charge is 2.07. The summed E-state index contributed by atoms with van der Waals surface area (Å²) in [6, 6.07) is 4.22. The molecule has 1 aromatic heterocycles. The summed E-state index contributed by atoms with van der Waals surface area (Å²) in [7, 11) is 0. The molecule has 0 saturated carbocycles. The van der Waals surface area contributed by atoms with E-state index in [9.17, 15) is 0 Å². The Labute approximate surface area is 91.5 Å². The third-order valence-electron chi connectivity index (χ3n) is 2.81. The van der Waals surface area contributed by atoms with Crippen LogP contribution in [-0.2, 0) is 6.54 Å². The first-order valence-electron chi connectivity index (χ1n) is 5.77. The molecule has 1 aliphatic heterocycles. The molecule has 0 unspecified atom stereocenters. The Hall–Kier alpha value is -0.930. The first-order valence-corrected chi connectivity index (χ1v) is 5.77. The predicted octanol–water partition coefficient (Wildman–Crippen LogP) is 1.27. The molecule has 2 rings (SSSR count). The molecule has 0 amide bonds. The van der Waals surface area contributed by atoms with Crippen LogP contribution in [0.1, 0.15) is 18.4 Å². The molecule has 1 aliphatic rings. The van der Waals surface area contributed by atoms with Gasteiger partial charge in [0.25, 0.3) is 0 Å². The van der Waals surface area contributed by atoms with Crippen LogP contribution in [0.4, 0.5) is 0 Å². The first-order chi connectivity index (χ1) is 7.45. The van der Waals surface area contributed by atoms with Crippen molar-refractivity contribution in [2.45, 2.75) is 19.4 Å². The molecule has 15 heavy (non-hydrogen) atoms. The lowest BCUT2D eigenvalue weighted by Crippen LogP contribution is -2.33. The number of hydrogen-bond acceptors (Lipinski definition) is 3. The van der Waals surface area contributed by atoms with Crippen molar-refractivity contribution in [1.82, 2.24) is 15.2 Å². The van der Waals surface area contributed by atoms with Gasteiger partial charge in [-0.3, -0.25) is 9.88 Å². The lowest BCUT2D eigenvalue weighted by Gasteiger charge is -2.24. The number of aromatic nitrogens is 1. The minimum atomic E-state index is 1.07. The minimum Gasteiger partial charge on any atom is -0.317 e. The molecule has 0 aliphatic carbocycles. The molecule has 3 heteroatoms. The van der Waals surface area contributed by atoms with Crippen molar-refractivity contribution in [2.24, 2.45) is 0 Å². The largest absolute Gasteiger partial charge is 0.317 e. The first kappa shape index (κ1) is 10.6. The average Bonchev–Trinajstić information content (AvgIpc) is 2.23. The SMILES string of the molecule is c1cc(CN2CCCNCCC2)ccn1. The van der Waals surface area contributed by atoms with E-state index < -0.39 is 0 Å². The van der Waals surface area contributed by atoms with Crippen molar-refractivity contribution < 1.29 is 0 Å². The van der Waals surface area contributed by atoms with Crippen molar-refractivity contribution in [3.63, 3.8) is 0 Å². The standard InChI is InChI=1S/C12H19N3/c1-5-13-6-2-10-15(9-1)11-12-3-7-14-8-4-12/h3-4,7-8,13H,1-2,5-6,9-11H2. The van der Waals surface area contributed by atoms with Crippen molar-refractivity contribution in [3.8, 4) is 0 Å². The number of pyridine rings is 1. The smallest absolute Gasteiger partial charge is 0.0271 e. The van der Waals surface area contributed by atoms with Crippen LogP contribution in [-0.4, -0.2) is 36.1 Å². The summed E-state index contributed by atoms with van der Waals surface area (Å²) >= 11 is 0. The summed E-state index contributed by atoms with van der Waals surface area (Å²) in [6.07, 6.45) is 6.26. The van der Waals surface area contributed by atoms with Gasteiger partial charge in [0.2, 0.25) is 0 Å². The van der Waals surface area contributed by atoms with Gasteiger partial charge in [0.15, 0.2) is 0 Å². The zero-order valence-electron chi connectivity index (χ0n) is 9.15. The summed E-state index contributed by atoms with van der Waals surface area (Å²) in [5, 5.41) is 3.43. The predicted molar refractivity (Wildman–Crippen MR) is 61.6 cm³/mol. The second-order valence-corrected chi connectivity index (χ2v) is 4.09. The Morgan fingerprint density at radius 2 is 1.80 bits per heavy atom. The normalized spacial score (nSPS) is 19.5. The van der Waals surface area contributed by atoms with Gasteiger partial charge in [-0.1, -0.05) is 0 Å². The Morgan fingerprint density at radius 1 is 1.13 bits per heavy atom. The topological polar surface area (TPSA) is 28.2 Å². The monoisotopic (exact) mass is 205 g/mol. The lowest BCUT2D eigenvalue weighted by molar-refractivity contribution is 0.244. The van der Waals surface area contributed by atoms with Gasteiger partial charge in [0.1, 0.15) is 0 Å². The number of nitrogens with zero attached hydrogens (tertiary/aromatic N) is 2. The Kier molecular flexibility index (Phi) is 4.11. The fourth-order valence-corrected chi connectivity index (χ4v) is 2.00. The molecule has 0 atom stereocenters. The molecule has 1 fully saturated rings. The molecule has 0 radical (unpaired) electrons.